The van der Waals surface area contributed by atoms with Gasteiger partial charge in [-0.25, -0.2) is 0 Å². The Morgan fingerprint density at radius 1 is 1.00 bits per heavy atom. The fourth-order valence-corrected chi connectivity index (χ4v) is 4.15. The highest BCUT2D eigenvalue weighted by Crippen LogP contribution is 2.18. The van der Waals surface area contributed by atoms with Crippen LogP contribution in [0.5, 0.6) is 0 Å². The van der Waals surface area contributed by atoms with Crippen molar-refractivity contribution in [2.24, 2.45) is 0 Å². The Morgan fingerprint density at radius 3 is 2.37 bits per heavy atom. The van der Waals surface area contributed by atoms with Gasteiger partial charge in [0.25, 0.3) is 0 Å². The zero-order valence-electron chi connectivity index (χ0n) is 18.5. The quantitative estimate of drug-likeness (QED) is 0.708. The third-order valence-corrected chi connectivity index (χ3v) is 6.28. The first kappa shape index (κ1) is 22.1. The van der Waals surface area contributed by atoms with Crippen LogP contribution in [-0.2, 0) is 22.4 Å². The minimum absolute atomic E-state index is 0.00301. The SMILES string of the molecule is Cc1ccc(CC(=O)N(CCc2ccccc2)[C@H](C)C(=O)NC2CCCC2)cc1C. The molecule has 2 aromatic carbocycles. The fraction of sp³-hybridized carbons (Fsp3) is 0.462. The number of benzene rings is 2. The summed E-state index contributed by atoms with van der Waals surface area (Å²) in [7, 11) is 0. The maximum Gasteiger partial charge on any atom is 0.242 e. The predicted molar refractivity (Wildman–Crippen MR) is 121 cm³/mol. The largest absolute Gasteiger partial charge is 0.352 e. The second kappa shape index (κ2) is 10.4. The number of carbonyl (C=O) groups is 2. The Kier molecular flexibility index (Phi) is 7.67. The molecule has 0 heterocycles. The molecule has 0 unspecified atom stereocenters. The molecule has 1 atom stereocenters. The van der Waals surface area contributed by atoms with Crippen molar-refractivity contribution in [2.75, 3.05) is 6.54 Å². The molecule has 1 aliphatic rings. The number of nitrogens with one attached hydrogen (secondary N) is 1. The Labute approximate surface area is 180 Å². The average Bonchev–Trinajstić information content (AvgIpc) is 3.24. The van der Waals surface area contributed by atoms with Crippen LogP contribution in [0.2, 0.25) is 0 Å². The van der Waals surface area contributed by atoms with Gasteiger partial charge in [0, 0.05) is 12.6 Å². The Morgan fingerprint density at radius 2 is 1.70 bits per heavy atom. The lowest BCUT2D eigenvalue weighted by molar-refractivity contribution is -0.139. The molecule has 1 N–H and O–H groups in total. The molecule has 0 saturated heterocycles. The molecule has 0 aliphatic heterocycles. The van der Waals surface area contributed by atoms with Gasteiger partial charge in [-0.1, -0.05) is 61.4 Å². The third kappa shape index (κ3) is 5.94. The van der Waals surface area contributed by atoms with Gasteiger partial charge in [-0.3, -0.25) is 9.59 Å². The van der Waals surface area contributed by atoms with Gasteiger partial charge in [0.2, 0.25) is 11.8 Å². The summed E-state index contributed by atoms with van der Waals surface area (Å²) in [6, 6.07) is 16.1. The van der Waals surface area contributed by atoms with Crippen molar-refractivity contribution in [3.05, 3.63) is 70.8 Å². The maximum atomic E-state index is 13.3. The van der Waals surface area contributed by atoms with Crippen LogP contribution < -0.4 is 5.32 Å². The van der Waals surface area contributed by atoms with Crippen molar-refractivity contribution < 1.29 is 9.59 Å². The number of nitrogens with zero attached hydrogens (tertiary/aromatic N) is 1. The molecule has 4 nitrogen and oxygen atoms in total. The molecule has 160 valence electrons. The number of rotatable bonds is 8. The second-order valence-electron chi connectivity index (χ2n) is 8.58. The van der Waals surface area contributed by atoms with Gasteiger partial charge in [-0.05, 0) is 62.3 Å². The van der Waals surface area contributed by atoms with E-state index < -0.39 is 6.04 Å². The topological polar surface area (TPSA) is 49.4 Å². The highest BCUT2D eigenvalue weighted by molar-refractivity contribution is 5.88. The number of hydrogen-bond donors (Lipinski definition) is 1. The van der Waals surface area contributed by atoms with E-state index in [-0.39, 0.29) is 17.9 Å². The van der Waals surface area contributed by atoms with Gasteiger partial charge >= 0.3 is 0 Å². The molecular weight excluding hydrogens is 372 g/mol. The lowest BCUT2D eigenvalue weighted by Crippen LogP contribution is -2.51. The smallest absolute Gasteiger partial charge is 0.242 e. The normalized spacial score (nSPS) is 15.0. The molecule has 0 aromatic heterocycles. The van der Waals surface area contributed by atoms with Crippen molar-refractivity contribution in [1.29, 1.82) is 0 Å². The van der Waals surface area contributed by atoms with Gasteiger partial charge in [-0.15, -0.1) is 0 Å². The average molecular weight is 407 g/mol. The number of aryl methyl sites for hydroxylation is 2. The fourth-order valence-electron chi connectivity index (χ4n) is 4.15. The summed E-state index contributed by atoms with van der Waals surface area (Å²) in [6.07, 6.45) is 5.47. The van der Waals surface area contributed by atoms with Gasteiger partial charge in [0.05, 0.1) is 6.42 Å². The molecule has 0 spiro atoms. The van der Waals surface area contributed by atoms with Crippen LogP contribution in [0.25, 0.3) is 0 Å². The predicted octanol–water partition coefficient (Wildman–Crippen LogP) is 4.36. The first-order chi connectivity index (χ1) is 14.4. The highest BCUT2D eigenvalue weighted by Gasteiger charge is 2.28. The van der Waals surface area contributed by atoms with Crippen molar-refractivity contribution in [3.8, 4) is 0 Å². The molecule has 4 heteroatoms. The van der Waals surface area contributed by atoms with E-state index in [9.17, 15) is 9.59 Å². The molecule has 1 saturated carbocycles. The number of hydrogen-bond acceptors (Lipinski definition) is 2. The first-order valence-corrected chi connectivity index (χ1v) is 11.1. The van der Waals surface area contributed by atoms with Gasteiger partial charge in [-0.2, -0.15) is 0 Å². The first-order valence-electron chi connectivity index (χ1n) is 11.1. The van der Waals surface area contributed by atoms with Gasteiger partial charge in [0.1, 0.15) is 6.04 Å². The molecule has 2 amide bonds. The maximum absolute atomic E-state index is 13.3. The summed E-state index contributed by atoms with van der Waals surface area (Å²) < 4.78 is 0. The standard InChI is InChI=1S/C26H34N2O2/c1-19-13-14-23(17-20(19)2)18-25(29)28(16-15-22-9-5-4-6-10-22)21(3)26(30)27-24-11-7-8-12-24/h4-6,9-10,13-14,17,21,24H,7-8,11-12,15-16,18H2,1-3H3,(H,27,30)/t21-/m1/s1. The van der Waals surface area contributed by atoms with Crippen LogP contribution in [0.3, 0.4) is 0 Å². The van der Waals surface area contributed by atoms with Crippen molar-refractivity contribution in [1.82, 2.24) is 10.2 Å². The molecule has 30 heavy (non-hydrogen) atoms. The van der Waals surface area contributed by atoms with Crippen LogP contribution in [0, 0.1) is 13.8 Å². The van der Waals surface area contributed by atoms with Crippen molar-refractivity contribution in [2.45, 2.75) is 71.4 Å². The zero-order chi connectivity index (χ0) is 21.5. The molecule has 2 aromatic rings. The van der Waals surface area contributed by atoms with E-state index in [0.29, 0.717) is 13.0 Å². The lowest BCUT2D eigenvalue weighted by Gasteiger charge is -2.30. The summed E-state index contributed by atoms with van der Waals surface area (Å²) in [5, 5.41) is 3.16. The minimum Gasteiger partial charge on any atom is -0.352 e. The van der Waals surface area contributed by atoms with E-state index in [0.717, 1.165) is 24.8 Å². The van der Waals surface area contributed by atoms with E-state index in [1.165, 1.54) is 29.5 Å². The summed E-state index contributed by atoms with van der Waals surface area (Å²) in [4.78, 5) is 27.9. The molecule has 0 bridgehead atoms. The Hall–Kier alpha value is -2.62. The van der Waals surface area contributed by atoms with Crippen LogP contribution >= 0.6 is 0 Å². The van der Waals surface area contributed by atoms with E-state index in [1.54, 1.807) is 4.90 Å². The molecule has 1 aliphatic carbocycles. The monoisotopic (exact) mass is 406 g/mol. The molecule has 0 radical (unpaired) electrons. The van der Waals surface area contributed by atoms with Crippen LogP contribution in [0.1, 0.15) is 54.9 Å². The zero-order valence-corrected chi connectivity index (χ0v) is 18.5. The number of amides is 2. The summed E-state index contributed by atoms with van der Waals surface area (Å²) in [6.45, 7) is 6.52. The summed E-state index contributed by atoms with van der Waals surface area (Å²) in [5.41, 5.74) is 4.57. The molecule has 1 fully saturated rings. The Balaban J connectivity index is 1.71. The van der Waals surface area contributed by atoms with Gasteiger partial charge < -0.3 is 10.2 Å². The lowest BCUT2D eigenvalue weighted by atomic mass is 10.0. The summed E-state index contributed by atoms with van der Waals surface area (Å²) in [5.74, 6) is -0.0355. The highest BCUT2D eigenvalue weighted by atomic mass is 16.2. The minimum atomic E-state index is -0.478. The van der Waals surface area contributed by atoms with Crippen molar-refractivity contribution in [3.63, 3.8) is 0 Å². The summed E-state index contributed by atoms with van der Waals surface area (Å²) >= 11 is 0. The van der Waals surface area contributed by atoms with E-state index in [4.69, 9.17) is 0 Å². The van der Waals surface area contributed by atoms with Crippen LogP contribution in [-0.4, -0.2) is 35.3 Å². The second-order valence-corrected chi connectivity index (χ2v) is 8.58. The van der Waals surface area contributed by atoms with E-state index >= 15 is 0 Å². The van der Waals surface area contributed by atoms with Crippen LogP contribution in [0.4, 0.5) is 0 Å². The Bertz CT molecular complexity index is 857. The van der Waals surface area contributed by atoms with Crippen LogP contribution in [0.15, 0.2) is 48.5 Å². The molecular formula is C26H34N2O2. The molecule has 3 rings (SSSR count). The third-order valence-electron chi connectivity index (χ3n) is 6.28. The van der Waals surface area contributed by atoms with Crippen molar-refractivity contribution >= 4 is 11.8 Å². The van der Waals surface area contributed by atoms with E-state index in [1.807, 2.05) is 31.2 Å². The van der Waals surface area contributed by atoms with Gasteiger partial charge in [0.15, 0.2) is 0 Å². The van der Waals surface area contributed by atoms with E-state index in [2.05, 4.69) is 43.4 Å². The number of carbonyl (C=O) groups excluding carboxylic acids is 2.